The van der Waals surface area contributed by atoms with Gasteiger partial charge in [0.1, 0.15) is 11.8 Å². The van der Waals surface area contributed by atoms with Crippen molar-refractivity contribution in [3.8, 4) is 5.75 Å². The van der Waals surface area contributed by atoms with Crippen molar-refractivity contribution < 1.29 is 23.9 Å². The lowest BCUT2D eigenvalue weighted by molar-refractivity contribution is -0.145. The van der Waals surface area contributed by atoms with Crippen molar-refractivity contribution in [2.75, 3.05) is 13.7 Å². The number of nitrogens with two attached hydrogens (primary N) is 1. The molecule has 0 saturated carbocycles. The third-order valence-electron chi connectivity index (χ3n) is 3.04. The Bertz CT molecular complexity index is 554. The summed E-state index contributed by atoms with van der Waals surface area (Å²) in [5.74, 6) is -0.813. The summed E-state index contributed by atoms with van der Waals surface area (Å²) in [5, 5.41) is 2.59. The first-order valence-electron chi connectivity index (χ1n) is 7.23. The topological polar surface area (TPSA) is 108 Å². The molecule has 2 amide bonds. The van der Waals surface area contributed by atoms with Crippen LogP contribution in [0.5, 0.6) is 5.75 Å². The van der Waals surface area contributed by atoms with Crippen LogP contribution in [0.3, 0.4) is 0 Å². The minimum Gasteiger partial charge on any atom is -0.484 e. The minimum atomic E-state index is -0.701. The van der Waals surface area contributed by atoms with Crippen molar-refractivity contribution in [3.05, 3.63) is 29.8 Å². The minimum absolute atomic E-state index is 0.224. The number of hydrogen-bond donors (Lipinski definition) is 2. The van der Waals surface area contributed by atoms with Gasteiger partial charge in [-0.15, -0.1) is 0 Å². The summed E-state index contributed by atoms with van der Waals surface area (Å²) in [7, 11) is 1.28. The van der Waals surface area contributed by atoms with Gasteiger partial charge in [0.2, 0.25) is 5.91 Å². The van der Waals surface area contributed by atoms with Crippen molar-refractivity contribution in [1.82, 2.24) is 5.32 Å². The molecule has 0 heterocycles. The van der Waals surface area contributed by atoms with Crippen LogP contribution in [-0.4, -0.2) is 37.5 Å². The van der Waals surface area contributed by atoms with E-state index in [2.05, 4.69) is 10.1 Å². The maximum atomic E-state index is 11.9. The van der Waals surface area contributed by atoms with Crippen molar-refractivity contribution in [1.29, 1.82) is 0 Å². The van der Waals surface area contributed by atoms with Crippen LogP contribution in [0.2, 0.25) is 0 Å². The second-order valence-electron chi connectivity index (χ2n) is 5.45. The van der Waals surface area contributed by atoms with Crippen LogP contribution in [0, 0.1) is 5.92 Å². The van der Waals surface area contributed by atoms with Gasteiger partial charge in [0.15, 0.2) is 6.61 Å². The van der Waals surface area contributed by atoms with Crippen molar-refractivity contribution in [2.24, 2.45) is 11.7 Å². The molecule has 0 aliphatic rings. The molecule has 23 heavy (non-hydrogen) atoms. The van der Waals surface area contributed by atoms with E-state index >= 15 is 0 Å². The summed E-state index contributed by atoms with van der Waals surface area (Å²) in [6.07, 6.45) is 0.478. The highest BCUT2D eigenvalue weighted by molar-refractivity contribution is 5.92. The molecule has 126 valence electrons. The van der Waals surface area contributed by atoms with Crippen molar-refractivity contribution in [3.63, 3.8) is 0 Å². The number of rotatable bonds is 8. The molecule has 0 aliphatic heterocycles. The van der Waals surface area contributed by atoms with E-state index in [0.29, 0.717) is 17.7 Å². The lowest BCUT2D eigenvalue weighted by atomic mass is 10.0. The van der Waals surface area contributed by atoms with Gasteiger partial charge in [0.25, 0.3) is 5.91 Å². The van der Waals surface area contributed by atoms with E-state index in [0.717, 1.165) is 0 Å². The molecule has 0 fully saturated rings. The Labute approximate surface area is 135 Å². The van der Waals surface area contributed by atoms with Gasteiger partial charge in [-0.05, 0) is 36.6 Å². The number of hydrogen-bond acceptors (Lipinski definition) is 5. The molecule has 0 unspecified atom stereocenters. The predicted octanol–water partition coefficient (Wildman–Crippen LogP) is 0.868. The van der Waals surface area contributed by atoms with Gasteiger partial charge in [-0.25, -0.2) is 4.79 Å². The van der Waals surface area contributed by atoms with Gasteiger partial charge in [-0.2, -0.15) is 0 Å². The van der Waals surface area contributed by atoms with Crippen LogP contribution >= 0.6 is 0 Å². The van der Waals surface area contributed by atoms with E-state index in [1.807, 2.05) is 13.8 Å². The number of ether oxygens (including phenoxy) is 2. The molecule has 0 saturated heterocycles. The van der Waals surface area contributed by atoms with Gasteiger partial charge in [-0.1, -0.05) is 13.8 Å². The average molecular weight is 322 g/mol. The molecule has 0 spiro atoms. The zero-order valence-corrected chi connectivity index (χ0v) is 13.5. The summed E-state index contributed by atoms with van der Waals surface area (Å²) in [6.45, 7) is 3.64. The SMILES string of the molecule is COC(=O)[C@H](CC(C)C)NC(=O)COc1ccc(C(N)=O)cc1. The number of nitrogens with one attached hydrogen (secondary N) is 1. The van der Waals surface area contributed by atoms with Crippen LogP contribution in [0.4, 0.5) is 0 Å². The maximum absolute atomic E-state index is 11.9. The quantitative estimate of drug-likeness (QED) is 0.690. The first kappa shape index (κ1) is 18.5. The first-order chi connectivity index (χ1) is 10.8. The standard InChI is InChI=1S/C16H22N2O5/c1-10(2)8-13(16(21)22-3)18-14(19)9-23-12-6-4-11(5-7-12)15(17)20/h4-7,10,13H,8-9H2,1-3H3,(H2,17,20)(H,18,19)/t13-/m0/s1. The molecular formula is C16H22N2O5. The Balaban J connectivity index is 2.54. The van der Waals surface area contributed by atoms with E-state index in [1.165, 1.54) is 19.2 Å². The molecule has 0 radical (unpaired) electrons. The van der Waals surface area contributed by atoms with Gasteiger partial charge in [-0.3, -0.25) is 9.59 Å². The number of carbonyl (C=O) groups excluding carboxylic acids is 3. The van der Waals surface area contributed by atoms with Gasteiger partial charge in [0, 0.05) is 5.56 Å². The number of methoxy groups -OCH3 is 1. The molecule has 0 aliphatic carbocycles. The molecule has 7 heteroatoms. The number of benzene rings is 1. The lowest BCUT2D eigenvalue weighted by Gasteiger charge is -2.18. The summed E-state index contributed by atoms with van der Waals surface area (Å²) in [5.41, 5.74) is 5.49. The fourth-order valence-corrected chi connectivity index (χ4v) is 1.93. The van der Waals surface area contributed by atoms with Crippen LogP contribution < -0.4 is 15.8 Å². The number of esters is 1. The predicted molar refractivity (Wildman–Crippen MR) is 83.9 cm³/mol. The van der Waals surface area contributed by atoms with Gasteiger partial charge in [0.05, 0.1) is 7.11 Å². The van der Waals surface area contributed by atoms with Gasteiger partial charge < -0.3 is 20.5 Å². The Morgan fingerprint density at radius 2 is 1.78 bits per heavy atom. The maximum Gasteiger partial charge on any atom is 0.328 e. The lowest BCUT2D eigenvalue weighted by Crippen LogP contribution is -2.44. The molecule has 7 nitrogen and oxygen atoms in total. The van der Waals surface area contributed by atoms with Crippen molar-refractivity contribution in [2.45, 2.75) is 26.3 Å². The monoisotopic (exact) mass is 322 g/mol. The summed E-state index contributed by atoms with van der Waals surface area (Å²) < 4.78 is 9.98. The highest BCUT2D eigenvalue weighted by atomic mass is 16.5. The second-order valence-corrected chi connectivity index (χ2v) is 5.45. The van der Waals surface area contributed by atoms with E-state index < -0.39 is 23.8 Å². The van der Waals surface area contributed by atoms with E-state index in [4.69, 9.17) is 10.5 Å². The average Bonchev–Trinajstić information content (AvgIpc) is 2.51. The van der Waals surface area contributed by atoms with E-state index in [1.54, 1.807) is 12.1 Å². The Morgan fingerprint density at radius 1 is 1.17 bits per heavy atom. The highest BCUT2D eigenvalue weighted by Gasteiger charge is 2.22. The molecule has 1 aromatic carbocycles. The van der Waals surface area contributed by atoms with E-state index in [-0.39, 0.29) is 12.5 Å². The van der Waals surface area contributed by atoms with Crippen LogP contribution in [0.25, 0.3) is 0 Å². The molecular weight excluding hydrogens is 300 g/mol. The fraction of sp³-hybridized carbons (Fsp3) is 0.438. The van der Waals surface area contributed by atoms with Crippen LogP contribution in [0.15, 0.2) is 24.3 Å². The smallest absolute Gasteiger partial charge is 0.328 e. The first-order valence-corrected chi connectivity index (χ1v) is 7.23. The second kappa shape index (κ2) is 8.77. The Hall–Kier alpha value is -2.57. The number of carbonyl (C=O) groups is 3. The summed E-state index contributed by atoms with van der Waals surface area (Å²) in [6, 6.07) is 5.39. The number of primary amides is 1. The van der Waals surface area contributed by atoms with Crippen molar-refractivity contribution >= 4 is 17.8 Å². The third-order valence-corrected chi connectivity index (χ3v) is 3.04. The van der Waals surface area contributed by atoms with Crippen LogP contribution in [0.1, 0.15) is 30.6 Å². The van der Waals surface area contributed by atoms with Gasteiger partial charge >= 0.3 is 5.97 Å². The Morgan fingerprint density at radius 3 is 2.26 bits per heavy atom. The zero-order chi connectivity index (χ0) is 17.4. The molecule has 1 atom stereocenters. The summed E-state index contributed by atoms with van der Waals surface area (Å²) in [4.78, 5) is 34.5. The van der Waals surface area contributed by atoms with Crippen LogP contribution in [-0.2, 0) is 14.3 Å². The highest BCUT2D eigenvalue weighted by Crippen LogP contribution is 2.12. The third kappa shape index (κ3) is 6.37. The molecule has 1 rings (SSSR count). The molecule has 0 aromatic heterocycles. The fourth-order valence-electron chi connectivity index (χ4n) is 1.93. The Kier molecular flexibility index (Phi) is 7.05. The largest absolute Gasteiger partial charge is 0.484 e. The molecule has 1 aromatic rings. The molecule has 3 N–H and O–H groups in total. The molecule has 0 bridgehead atoms. The zero-order valence-electron chi connectivity index (χ0n) is 13.5. The van der Waals surface area contributed by atoms with E-state index in [9.17, 15) is 14.4 Å². The summed E-state index contributed by atoms with van der Waals surface area (Å²) >= 11 is 0. The normalized spacial score (nSPS) is 11.7. The number of amides is 2.